The van der Waals surface area contributed by atoms with Crippen molar-refractivity contribution in [1.29, 1.82) is 5.26 Å². The minimum atomic E-state index is -0.587. The number of carbonyl (C=O) groups excluding carboxylic acids is 1. The molecular weight excluding hydrogens is 348 g/mol. The van der Waals surface area contributed by atoms with Crippen molar-refractivity contribution < 1.29 is 9.90 Å². The van der Waals surface area contributed by atoms with E-state index >= 15 is 0 Å². The van der Waals surface area contributed by atoms with Gasteiger partial charge in [0.2, 0.25) is 0 Å². The molecule has 0 radical (unpaired) electrons. The number of phenolic OH excluding ortho intramolecular Hbond substituents is 1. The fourth-order valence-corrected chi connectivity index (χ4v) is 1.90. The van der Waals surface area contributed by atoms with E-state index in [1.54, 1.807) is 36.5 Å². The first-order valence-electron chi connectivity index (χ1n) is 6.17. The molecule has 0 unspecified atom stereocenters. The second-order valence-electron chi connectivity index (χ2n) is 4.18. The number of nitrogens with zero attached hydrogens (tertiary/aromatic N) is 2. The van der Waals surface area contributed by atoms with Gasteiger partial charge in [-0.1, -0.05) is 22.0 Å². The number of aromatic nitrogens is 1. The quantitative estimate of drug-likeness (QED) is 0.576. The number of aromatic hydroxyl groups is 1. The zero-order valence-corrected chi connectivity index (χ0v) is 12.8. The van der Waals surface area contributed by atoms with Gasteiger partial charge >= 0.3 is 0 Å². The van der Waals surface area contributed by atoms with Crippen molar-refractivity contribution in [2.75, 3.05) is 10.6 Å². The Morgan fingerprint density at radius 2 is 2.18 bits per heavy atom. The van der Waals surface area contributed by atoms with E-state index in [0.29, 0.717) is 11.5 Å². The first-order chi connectivity index (χ1) is 10.6. The number of anilines is 2. The van der Waals surface area contributed by atoms with Gasteiger partial charge in [0, 0.05) is 28.6 Å². The van der Waals surface area contributed by atoms with Crippen molar-refractivity contribution in [1.82, 2.24) is 4.98 Å². The second kappa shape index (κ2) is 7.24. The molecule has 0 aliphatic heterocycles. The van der Waals surface area contributed by atoms with Crippen LogP contribution in [0.25, 0.3) is 0 Å². The lowest BCUT2D eigenvalue weighted by Crippen LogP contribution is -2.14. The summed E-state index contributed by atoms with van der Waals surface area (Å²) >= 11 is 3.30. The van der Waals surface area contributed by atoms with Crippen LogP contribution in [0.1, 0.15) is 0 Å². The number of hydrogen-bond acceptors (Lipinski definition) is 5. The van der Waals surface area contributed by atoms with E-state index < -0.39 is 5.91 Å². The van der Waals surface area contributed by atoms with Crippen molar-refractivity contribution in [3.63, 3.8) is 0 Å². The van der Waals surface area contributed by atoms with Crippen molar-refractivity contribution in [2.24, 2.45) is 0 Å². The topological polar surface area (TPSA) is 98.0 Å². The number of carbonyl (C=O) groups is 1. The first-order valence-corrected chi connectivity index (χ1v) is 6.96. The molecule has 110 valence electrons. The summed E-state index contributed by atoms with van der Waals surface area (Å²) in [7, 11) is 0. The maximum atomic E-state index is 12.0. The molecule has 0 bridgehead atoms. The number of amides is 1. The summed E-state index contributed by atoms with van der Waals surface area (Å²) in [5.74, 6) is -0.0698. The van der Waals surface area contributed by atoms with E-state index in [1.165, 1.54) is 18.3 Å². The monoisotopic (exact) mass is 358 g/mol. The van der Waals surface area contributed by atoms with E-state index in [4.69, 9.17) is 5.26 Å². The standard InChI is InChI=1S/C15H11BrN4O2/c16-11-4-5-18-14(6-11)19-9-10(8-17)15(22)20-12-2-1-3-13(21)7-12/h1-7,9,21H,(H,18,19)(H,20,22)/b10-9-. The van der Waals surface area contributed by atoms with E-state index in [-0.39, 0.29) is 11.3 Å². The highest BCUT2D eigenvalue weighted by Gasteiger charge is 2.09. The zero-order chi connectivity index (χ0) is 15.9. The highest BCUT2D eigenvalue weighted by Crippen LogP contribution is 2.16. The first kappa shape index (κ1) is 15.5. The van der Waals surface area contributed by atoms with Crippen LogP contribution in [0.15, 0.2) is 58.8 Å². The number of hydrogen-bond donors (Lipinski definition) is 3. The molecule has 0 aliphatic carbocycles. The Kier molecular flexibility index (Phi) is 5.11. The fraction of sp³-hybridized carbons (Fsp3) is 0. The lowest BCUT2D eigenvalue weighted by molar-refractivity contribution is -0.112. The molecule has 0 fully saturated rings. The highest BCUT2D eigenvalue weighted by atomic mass is 79.9. The highest BCUT2D eigenvalue weighted by molar-refractivity contribution is 9.10. The van der Waals surface area contributed by atoms with Crippen LogP contribution < -0.4 is 10.6 Å². The third-order valence-electron chi connectivity index (χ3n) is 2.56. The van der Waals surface area contributed by atoms with Crippen LogP contribution in [0.5, 0.6) is 5.75 Å². The molecule has 0 aliphatic rings. The molecule has 1 aromatic heterocycles. The van der Waals surface area contributed by atoms with Crippen LogP contribution in [-0.2, 0) is 4.79 Å². The Morgan fingerprint density at radius 1 is 1.36 bits per heavy atom. The molecule has 0 atom stereocenters. The summed E-state index contributed by atoms with van der Waals surface area (Å²) in [6, 6.07) is 11.3. The van der Waals surface area contributed by atoms with Gasteiger partial charge in [0.15, 0.2) is 0 Å². The number of halogens is 1. The fourth-order valence-electron chi connectivity index (χ4n) is 1.56. The van der Waals surface area contributed by atoms with Crippen molar-refractivity contribution in [2.45, 2.75) is 0 Å². The SMILES string of the molecule is N#C/C(=C/Nc1cc(Br)ccn1)C(=O)Nc1cccc(O)c1. The van der Waals surface area contributed by atoms with Crippen LogP contribution >= 0.6 is 15.9 Å². The molecule has 1 heterocycles. The lowest BCUT2D eigenvalue weighted by Gasteiger charge is -2.05. The lowest BCUT2D eigenvalue weighted by atomic mass is 10.2. The largest absolute Gasteiger partial charge is 0.508 e. The van der Waals surface area contributed by atoms with E-state index in [1.807, 2.05) is 0 Å². The predicted molar refractivity (Wildman–Crippen MR) is 86.0 cm³/mol. The molecule has 22 heavy (non-hydrogen) atoms. The normalized spacial score (nSPS) is 10.6. The van der Waals surface area contributed by atoms with E-state index in [0.717, 1.165) is 4.47 Å². The third kappa shape index (κ3) is 4.33. The molecule has 7 heteroatoms. The molecule has 6 nitrogen and oxygen atoms in total. The Hall–Kier alpha value is -2.85. The molecule has 0 saturated carbocycles. The second-order valence-corrected chi connectivity index (χ2v) is 5.09. The number of pyridine rings is 1. The van der Waals surface area contributed by atoms with Gasteiger partial charge in [-0.2, -0.15) is 5.26 Å². The number of nitrogens with one attached hydrogen (secondary N) is 2. The van der Waals surface area contributed by atoms with Crippen LogP contribution in [0.2, 0.25) is 0 Å². The Labute approximate surface area is 135 Å². The van der Waals surface area contributed by atoms with Crippen LogP contribution in [0.3, 0.4) is 0 Å². The maximum absolute atomic E-state index is 12.0. The smallest absolute Gasteiger partial charge is 0.267 e. The number of nitriles is 1. The van der Waals surface area contributed by atoms with Crippen molar-refractivity contribution >= 4 is 33.3 Å². The summed E-state index contributed by atoms with van der Waals surface area (Å²) < 4.78 is 0.820. The Bertz CT molecular complexity index is 768. The summed E-state index contributed by atoms with van der Waals surface area (Å²) in [4.78, 5) is 16.0. The number of phenols is 1. The van der Waals surface area contributed by atoms with Gasteiger partial charge in [0.1, 0.15) is 23.2 Å². The molecule has 1 amide bonds. The van der Waals surface area contributed by atoms with Gasteiger partial charge in [-0.3, -0.25) is 4.79 Å². The molecule has 2 aromatic rings. The average Bonchev–Trinajstić information content (AvgIpc) is 2.48. The molecule has 2 rings (SSSR count). The number of rotatable bonds is 4. The Morgan fingerprint density at radius 3 is 2.86 bits per heavy atom. The minimum absolute atomic E-state index is 0.0248. The zero-order valence-electron chi connectivity index (χ0n) is 11.2. The van der Waals surface area contributed by atoms with Gasteiger partial charge < -0.3 is 15.7 Å². The van der Waals surface area contributed by atoms with Crippen molar-refractivity contribution in [3.05, 3.63) is 58.8 Å². The van der Waals surface area contributed by atoms with Crippen LogP contribution in [0, 0.1) is 11.3 Å². The van der Waals surface area contributed by atoms with Gasteiger partial charge in [-0.25, -0.2) is 4.98 Å². The van der Waals surface area contributed by atoms with Crippen LogP contribution in [0.4, 0.5) is 11.5 Å². The number of benzene rings is 1. The minimum Gasteiger partial charge on any atom is -0.508 e. The predicted octanol–water partition coefficient (Wildman–Crippen LogP) is 3.01. The molecule has 0 spiro atoms. The van der Waals surface area contributed by atoms with E-state index in [9.17, 15) is 9.90 Å². The molecular formula is C15H11BrN4O2. The average molecular weight is 359 g/mol. The summed E-state index contributed by atoms with van der Waals surface area (Å²) in [5.41, 5.74) is 0.275. The summed E-state index contributed by atoms with van der Waals surface area (Å²) in [5, 5.41) is 23.7. The molecule has 1 aromatic carbocycles. The third-order valence-corrected chi connectivity index (χ3v) is 3.05. The van der Waals surface area contributed by atoms with Gasteiger partial charge in [-0.15, -0.1) is 0 Å². The van der Waals surface area contributed by atoms with Crippen molar-refractivity contribution in [3.8, 4) is 11.8 Å². The summed E-state index contributed by atoms with van der Waals surface area (Å²) in [6.07, 6.45) is 2.85. The maximum Gasteiger partial charge on any atom is 0.267 e. The van der Waals surface area contributed by atoms with Gasteiger partial charge in [0.05, 0.1) is 0 Å². The summed E-state index contributed by atoms with van der Waals surface area (Å²) in [6.45, 7) is 0. The Balaban J connectivity index is 2.09. The van der Waals surface area contributed by atoms with Gasteiger partial charge in [-0.05, 0) is 24.3 Å². The molecule has 0 saturated heterocycles. The molecule has 3 N–H and O–H groups in total. The van der Waals surface area contributed by atoms with Gasteiger partial charge in [0.25, 0.3) is 5.91 Å². The van der Waals surface area contributed by atoms with E-state index in [2.05, 4.69) is 31.5 Å². The van der Waals surface area contributed by atoms with Crippen LogP contribution in [-0.4, -0.2) is 16.0 Å².